The third kappa shape index (κ3) is 2.70. The summed E-state index contributed by atoms with van der Waals surface area (Å²) in [5.41, 5.74) is -0.113. The maximum absolute atomic E-state index is 11.0. The zero-order valence-electron chi connectivity index (χ0n) is 10.2. The van der Waals surface area contributed by atoms with E-state index in [1.807, 2.05) is 0 Å². The molecule has 1 N–H and O–H groups in total. The van der Waals surface area contributed by atoms with E-state index in [2.05, 4.69) is 5.32 Å². The minimum Gasteiger partial charge on any atom is -0.490 e. The lowest BCUT2D eigenvalue weighted by molar-refractivity contribution is -0.386. The van der Waals surface area contributed by atoms with Crippen molar-refractivity contribution in [2.45, 2.75) is 18.9 Å². The van der Waals surface area contributed by atoms with Gasteiger partial charge in [-0.05, 0) is 31.5 Å². The average molecular weight is 252 g/mol. The van der Waals surface area contributed by atoms with Crippen LogP contribution in [0.1, 0.15) is 12.8 Å². The molecule has 1 atom stereocenters. The summed E-state index contributed by atoms with van der Waals surface area (Å²) in [5, 5.41) is 14.3. The molecule has 18 heavy (non-hydrogen) atoms. The normalized spacial score (nSPS) is 18.6. The molecule has 1 fully saturated rings. The minimum absolute atomic E-state index is 0.113. The highest BCUT2D eigenvalue weighted by Crippen LogP contribution is 2.36. The molecule has 1 aliphatic rings. The molecule has 1 aliphatic heterocycles. The number of methoxy groups -OCH3 is 1. The SMILES string of the molecule is COc1cccc(OCC2CCCN2)c1[N+](=O)[O-]. The van der Waals surface area contributed by atoms with E-state index in [4.69, 9.17) is 9.47 Å². The van der Waals surface area contributed by atoms with Gasteiger partial charge in [0.25, 0.3) is 0 Å². The summed E-state index contributed by atoms with van der Waals surface area (Å²) < 4.78 is 10.5. The van der Waals surface area contributed by atoms with Crippen LogP contribution < -0.4 is 14.8 Å². The molecule has 1 saturated heterocycles. The first-order valence-corrected chi connectivity index (χ1v) is 5.90. The van der Waals surface area contributed by atoms with Crippen molar-refractivity contribution in [1.29, 1.82) is 0 Å². The van der Waals surface area contributed by atoms with Gasteiger partial charge in [-0.25, -0.2) is 0 Å². The van der Waals surface area contributed by atoms with Gasteiger partial charge in [-0.3, -0.25) is 10.1 Å². The number of rotatable bonds is 5. The van der Waals surface area contributed by atoms with Gasteiger partial charge in [-0.15, -0.1) is 0 Å². The number of hydrogen-bond acceptors (Lipinski definition) is 5. The number of nitro benzene ring substituents is 1. The van der Waals surface area contributed by atoms with E-state index in [1.54, 1.807) is 18.2 Å². The Kier molecular flexibility index (Phi) is 3.99. The molecule has 1 aromatic rings. The third-order valence-corrected chi connectivity index (χ3v) is 2.97. The predicted molar refractivity (Wildman–Crippen MR) is 66.2 cm³/mol. The fourth-order valence-corrected chi connectivity index (χ4v) is 2.05. The maximum Gasteiger partial charge on any atom is 0.352 e. The molecule has 98 valence electrons. The van der Waals surface area contributed by atoms with E-state index < -0.39 is 4.92 Å². The summed E-state index contributed by atoms with van der Waals surface area (Å²) in [6.45, 7) is 1.42. The van der Waals surface area contributed by atoms with Crippen LogP contribution in [0, 0.1) is 10.1 Å². The van der Waals surface area contributed by atoms with Crippen LogP contribution in [0.3, 0.4) is 0 Å². The van der Waals surface area contributed by atoms with E-state index in [0.717, 1.165) is 19.4 Å². The van der Waals surface area contributed by atoms with Gasteiger partial charge in [0.2, 0.25) is 11.5 Å². The highest BCUT2D eigenvalue weighted by Gasteiger charge is 2.23. The predicted octanol–water partition coefficient (Wildman–Crippen LogP) is 1.73. The number of para-hydroxylation sites is 1. The van der Waals surface area contributed by atoms with Crippen molar-refractivity contribution in [1.82, 2.24) is 5.32 Å². The molecule has 0 aliphatic carbocycles. The van der Waals surface area contributed by atoms with Gasteiger partial charge >= 0.3 is 5.69 Å². The largest absolute Gasteiger partial charge is 0.490 e. The van der Waals surface area contributed by atoms with E-state index in [1.165, 1.54) is 7.11 Å². The van der Waals surface area contributed by atoms with E-state index >= 15 is 0 Å². The average Bonchev–Trinajstić information content (AvgIpc) is 2.88. The molecular weight excluding hydrogens is 236 g/mol. The van der Waals surface area contributed by atoms with Gasteiger partial charge in [-0.2, -0.15) is 0 Å². The molecular formula is C12H16N2O4. The molecule has 0 bridgehead atoms. The zero-order valence-corrected chi connectivity index (χ0v) is 10.2. The first-order valence-electron chi connectivity index (χ1n) is 5.90. The molecule has 1 unspecified atom stereocenters. The summed E-state index contributed by atoms with van der Waals surface area (Å²) >= 11 is 0. The number of hydrogen-bond donors (Lipinski definition) is 1. The maximum atomic E-state index is 11.0. The van der Waals surface area contributed by atoms with Crippen molar-refractivity contribution in [3.05, 3.63) is 28.3 Å². The van der Waals surface area contributed by atoms with Crippen LogP contribution in [0.2, 0.25) is 0 Å². The number of nitrogens with zero attached hydrogens (tertiary/aromatic N) is 1. The van der Waals surface area contributed by atoms with Gasteiger partial charge in [-0.1, -0.05) is 6.07 Å². The zero-order chi connectivity index (χ0) is 13.0. The first kappa shape index (κ1) is 12.6. The lowest BCUT2D eigenvalue weighted by Crippen LogP contribution is -2.28. The topological polar surface area (TPSA) is 73.6 Å². The van der Waals surface area contributed by atoms with Crippen LogP contribution in [0.15, 0.2) is 18.2 Å². The Morgan fingerprint density at radius 1 is 1.50 bits per heavy atom. The third-order valence-electron chi connectivity index (χ3n) is 2.97. The monoisotopic (exact) mass is 252 g/mol. The second-order valence-electron chi connectivity index (χ2n) is 4.17. The fraction of sp³-hybridized carbons (Fsp3) is 0.500. The van der Waals surface area contributed by atoms with Crippen molar-refractivity contribution >= 4 is 5.69 Å². The Balaban J connectivity index is 2.13. The van der Waals surface area contributed by atoms with Crippen LogP contribution in [-0.2, 0) is 0 Å². The molecule has 0 spiro atoms. The van der Waals surface area contributed by atoms with E-state index in [0.29, 0.717) is 6.61 Å². The second kappa shape index (κ2) is 5.68. The fourth-order valence-electron chi connectivity index (χ4n) is 2.05. The number of nitro groups is 1. The molecule has 0 radical (unpaired) electrons. The van der Waals surface area contributed by atoms with Gasteiger partial charge in [0, 0.05) is 6.04 Å². The molecule has 2 rings (SSSR count). The Labute approximate surface area is 105 Å². The Hall–Kier alpha value is -1.82. The highest BCUT2D eigenvalue weighted by atomic mass is 16.6. The molecule has 0 saturated carbocycles. The Morgan fingerprint density at radius 2 is 2.28 bits per heavy atom. The number of ether oxygens (including phenoxy) is 2. The molecule has 1 heterocycles. The molecule has 6 heteroatoms. The Bertz CT molecular complexity index is 430. The van der Waals surface area contributed by atoms with Gasteiger partial charge < -0.3 is 14.8 Å². The molecule has 0 aromatic heterocycles. The summed E-state index contributed by atoms with van der Waals surface area (Å²) in [6.07, 6.45) is 2.16. The number of nitrogens with one attached hydrogen (secondary N) is 1. The van der Waals surface area contributed by atoms with Crippen LogP contribution in [0.25, 0.3) is 0 Å². The van der Waals surface area contributed by atoms with Crippen molar-refractivity contribution in [3.63, 3.8) is 0 Å². The van der Waals surface area contributed by atoms with Gasteiger partial charge in [0.1, 0.15) is 6.61 Å². The summed E-state index contributed by atoms with van der Waals surface area (Å²) in [5.74, 6) is 0.477. The van der Waals surface area contributed by atoms with Gasteiger partial charge in [0.15, 0.2) is 0 Å². The quantitative estimate of drug-likeness (QED) is 0.638. The summed E-state index contributed by atoms with van der Waals surface area (Å²) in [7, 11) is 1.41. The first-order chi connectivity index (χ1) is 8.72. The van der Waals surface area contributed by atoms with Crippen LogP contribution in [-0.4, -0.2) is 31.2 Å². The highest BCUT2D eigenvalue weighted by molar-refractivity contribution is 5.57. The van der Waals surface area contributed by atoms with Crippen molar-refractivity contribution < 1.29 is 14.4 Å². The van der Waals surface area contributed by atoms with Crippen molar-refractivity contribution in [3.8, 4) is 11.5 Å². The molecule has 0 amide bonds. The van der Waals surface area contributed by atoms with Crippen LogP contribution >= 0.6 is 0 Å². The lowest BCUT2D eigenvalue weighted by Gasteiger charge is -2.13. The standard InChI is InChI=1S/C12H16N2O4/c1-17-10-5-2-6-11(12(10)14(15)16)18-8-9-4-3-7-13-9/h2,5-6,9,13H,3-4,7-8H2,1H3. The van der Waals surface area contributed by atoms with Gasteiger partial charge in [0.05, 0.1) is 12.0 Å². The van der Waals surface area contributed by atoms with Crippen molar-refractivity contribution in [2.24, 2.45) is 0 Å². The molecule has 6 nitrogen and oxygen atoms in total. The van der Waals surface area contributed by atoms with E-state index in [-0.39, 0.29) is 23.2 Å². The lowest BCUT2D eigenvalue weighted by atomic mass is 10.2. The van der Waals surface area contributed by atoms with Crippen LogP contribution in [0.5, 0.6) is 11.5 Å². The summed E-state index contributed by atoms with van der Waals surface area (Å²) in [6, 6.07) is 5.10. The van der Waals surface area contributed by atoms with Crippen LogP contribution in [0.4, 0.5) is 5.69 Å². The second-order valence-corrected chi connectivity index (χ2v) is 4.17. The van der Waals surface area contributed by atoms with E-state index in [9.17, 15) is 10.1 Å². The van der Waals surface area contributed by atoms with Crippen molar-refractivity contribution in [2.75, 3.05) is 20.3 Å². The number of benzene rings is 1. The Morgan fingerprint density at radius 3 is 2.89 bits per heavy atom. The molecule has 1 aromatic carbocycles. The smallest absolute Gasteiger partial charge is 0.352 e. The minimum atomic E-state index is -0.476. The summed E-state index contributed by atoms with van der Waals surface area (Å²) in [4.78, 5) is 10.6.